The molecule has 3 rings (SSSR count). The van der Waals surface area contributed by atoms with Crippen molar-refractivity contribution in [2.24, 2.45) is 0 Å². The Hall–Kier alpha value is -3.29. The number of carbonyl (C=O) groups excluding carboxylic acids is 1. The average Bonchev–Trinajstić information content (AvgIpc) is 3.07. The number of nitrogens with zero attached hydrogens (tertiary/aromatic N) is 2. The summed E-state index contributed by atoms with van der Waals surface area (Å²) in [5.41, 5.74) is 0.445. The molecule has 140 valence electrons. The molecule has 0 fully saturated rings. The zero-order valence-corrected chi connectivity index (χ0v) is 14.7. The largest absolute Gasteiger partial charge is 0.485 e. The van der Waals surface area contributed by atoms with Crippen molar-refractivity contribution in [2.75, 3.05) is 0 Å². The molecule has 1 aromatic heterocycles. The van der Waals surface area contributed by atoms with E-state index in [1.54, 1.807) is 38.1 Å². The molecule has 0 aliphatic rings. The van der Waals surface area contributed by atoms with Gasteiger partial charge in [0.1, 0.15) is 17.4 Å². The molecular weight excluding hydrogens is 356 g/mol. The number of hydrogen-bond donors (Lipinski definition) is 1. The summed E-state index contributed by atoms with van der Waals surface area (Å²) in [5.74, 6) is -0.162. The van der Waals surface area contributed by atoms with Crippen LogP contribution in [0.4, 0.5) is 8.78 Å². The van der Waals surface area contributed by atoms with Gasteiger partial charge < -0.3 is 14.6 Å². The number of rotatable bonds is 6. The first kappa shape index (κ1) is 18.5. The number of halogens is 2. The summed E-state index contributed by atoms with van der Waals surface area (Å²) in [6, 6.07) is 8.82. The van der Waals surface area contributed by atoms with E-state index in [0.29, 0.717) is 23.0 Å². The van der Waals surface area contributed by atoms with Crippen LogP contribution in [-0.2, 0) is 6.61 Å². The molecule has 1 amide bonds. The number of hydrogen-bond acceptors (Lipinski definition) is 5. The molecule has 3 aromatic rings. The van der Waals surface area contributed by atoms with Gasteiger partial charge in [-0.2, -0.15) is 4.98 Å². The lowest BCUT2D eigenvalue weighted by Crippen LogP contribution is -2.27. The first-order valence-electron chi connectivity index (χ1n) is 8.20. The minimum absolute atomic E-state index is 0.0821. The van der Waals surface area contributed by atoms with E-state index in [2.05, 4.69) is 15.5 Å². The van der Waals surface area contributed by atoms with Crippen LogP contribution in [0.2, 0.25) is 0 Å². The second-order valence-corrected chi connectivity index (χ2v) is 5.90. The average molecular weight is 373 g/mol. The van der Waals surface area contributed by atoms with Crippen LogP contribution in [0.25, 0.3) is 0 Å². The highest BCUT2D eigenvalue weighted by Crippen LogP contribution is 2.19. The number of benzene rings is 2. The van der Waals surface area contributed by atoms with Crippen LogP contribution in [-0.4, -0.2) is 16.0 Å². The lowest BCUT2D eigenvalue weighted by Gasteiger charge is -2.15. The van der Waals surface area contributed by atoms with Gasteiger partial charge in [0.25, 0.3) is 5.91 Å². The Morgan fingerprint density at radius 2 is 1.96 bits per heavy atom. The fourth-order valence-corrected chi connectivity index (χ4v) is 2.45. The fraction of sp³-hybridized carbons (Fsp3) is 0.211. The van der Waals surface area contributed by atoms with Crippen molar-refractivity contribution < 1.29 is 22.8 Å². The standard InChI is InChI=1S/C19H17F2N3O3/c1-11(16-9-14(20)5-8-17(16)21)22-19(25)13-3-6-15(7-4-13)26-10-18-23-12(2)27-24-18/h3-9,11H,10H2,1-2H3,(H,22,25). The van der Waals surface area contributed by atoms with Gasteiger partial charge in [0.2, 0.25) is 11.7 Å². The van der Waals surface area contributed by atoms with Crippen molar-refractivity contribution in [1.29, 1.82) is 0 Å². The number of amides is 1. The number of ether oxygens (including phenoxy) is 1. The first-order valence-corrected chi connectivity index (χ1v) is 8.20. The topological polar surface area (TPSA) is 77.2 Å². The molecule has 1 heterocycles. The van der Waals surface area contributed by atoms with Crippen LogP contribution in [0.3, 0.4) is 0 Å². The summed E-state index contributed by atoms with van der Waals surface area (Å²) in [4.78, 5) is 16.3. The third kappa shape index (κ3) is 4.66. The van der Waals surface area contributed by atoms with Gasteiger partial charge in [-0.25, -0.2) is 8.78 Å². The second kappa shape index (κ2) is 7.94. The fourth-order valence-electron chi connectivity index (χ4n) is 2.45. The molecule has 1 atom stereocenters. The van der Waals surface area contributed by atoms with Crippen LogP contribution < -0.4 is 10.1 Å². The number of aryl methyl sites for hydroxylation is 1. The smallest absolute Gasteiger partial charge is 0.251 e. The van der Waals surface area contributed by atoms with E-state index in [-0.39, 0.29) is 12.2 Å². The monoisotopic (exact) mass is 373 g/mol. The van der Waals surface area contributed by atoms with Crippen molar-refractivity contribution >= 4 is 5.91 Å². The summed E-state index contributed by atoms with van der Waals surface area (Å²) >= 11 is 0. The van der Waals surface area contributed by atoms with E-state index in [9.17, 15) is 13.6 Å². The first-order chi connectivity index (χ1) is 12.9. The Labute approximate surface area is 154 Å². The highest BCUT2D eigenvalue weighted by Gasteiger charge is 2.16. The van der Waals surface area contributed by atoms with E-state index in [4.69, 9.17) is 9.26 Å². The van der Waals surface area contributed by atoms with E-state index < -0.39 is 23.6 Å². The Morgan fingerprint density at radius 1 is 1.22 bits per heavy atom. The quantitative estimate of drug-likeness (QED) is 0.712. The van der Waals surface area contributed by atoms with Gasteiger partial charge in [-0.05, 0) is 49.4 Å². The molecule has 27 heavy (non-hydrogen) atoms. The molecule has 0 spiro atoms. The minimum atomic E-state index is -0.689. The maximum atomic E-state index is 13.8. The van der Waals surface area contributed by atoms with Gasteiger partial charge in [-0.1, -0.05) is 5.16 Å². The lowest BCUT2D eigenvalue weighted by molar-refractivity contribution is 0.0939. The van der Waals surface area contributed by atoms with Gasteiger partial charge in [-0.15, -0.1) is 0 Å². The summed E-state index contributed by atoms with van der Waals surface area (Å²) in [7, 11) is 0. The summed E-state index contributed by atoms with van der Waals surface area (Å²) in [5, 5.41) is 6.36. The highest BCUT2D eigenvalue weighted by molar-refractivity contribution is 5.94. The Balaban J connectivity index is 1.60. The van der Waals surface area contributed by atoms with Crippen molar-refractivity contribution in [3.8, 4) is 5.75 Å². The van der Waals surface area contributed by atoms with Crippen LogP contribution in [0, 0.1) is 18.6 Å². The number of carbonyl (C=O) groups is 1. The predicted molar refractivity (Wildman–Crippen MR) is 92.0 cm³/mol. The van der Waals surface area contributed by atoms with E-state index in [0.717, 1.165) is 18.2 Å². The molecule has 8 heteroatoms. The van der Waals surface area contributed by atoms with E-state index in [1.807, 2.05) is 0 Å². The van der Waals surface area contributed by atoms with Gasteiger partial charge in [-0.3, -0.25) is 4.79 Å². The predicted octanol–water partition coefficient (Wildman–Crippen LogP) is 3.73. The molecule has 1 N–H and O–H groups in total. The van der Waals surface area contributed by atoms with E-state index in [1.165, 1.54) is 0 Å². The van der Waals surface area contributed by atoms with Crippen molar-refractivity contribution in [3.63, 3.8) is 0 Å². The maximum Gasteiger partial charge on any atom is 0.251 e. The number of nitrogens with one attached hydrogen (secondary N) is 1. The summed E-state index contributed by atoms with van der Waals surface area (Å²) < 4.78 is 37.5. The van der Waals surface area contributed by atoms with Crippen molar-refractivity contribution in [3.05, 3.63) is 76.9 Å². The Bertz CT molecular complexity index is 942. The Morgan fingerprint density at radius 3 is 2.63 bits per heavy atom. The molecular formula is C19H17F2N3O3. The normalized spacial score (nSPS) is 11.9. The molecule has 1 unspecified atom stereocenters. The zero-order chi connectivity index (χ0) is 19.4. The lowest BCUT2D eigenvalue weighted by atomic mass is 10.1. The molecule has 6 nitrogen and oxygen atoms in total. The Kier molecular flexibility index (Phi) is 5.44. The third-order valence-electron chi connectivity index (χ3n) is 3.83. The second-order valence-electron chi connectivity index (χ2n) is 5.90. The summed E-state index contributed by atoms with van der Waals surface area (Å²) in [6.07, 6.45) is 0. The van der Waals surface area contributed by atoms with Crippen LogP contribution in [0.15, 0.2) is 47.0 Å². The van der Waals surface area contributed by atoms with Crippen LogP contribution >= 0.6 is 0 Å². The van der Waals surface area contributed by atoms with Gasteiger partial charge in [0.05, 0.1) is 6.04 Å². The van der Waals surface area contributed by atoms with Crippen LogP contribution in [0.1, 0.15) is 40.6 Å². The maximum absolute atomic E-state index is 13.8. The third-order valence-corrected chi connectivity index (χ3v) is 3.83. The van der Waals surface area contributed by atoms with Crippen molar-refractivity contribution in [2.45, 2.75) is 26.5 Å². The molecule has 0 radical (unpaired) electrons. The SMILES string of the molecule is Cc1nc(COc2ccc(C(=O)NC(C)c3cc(F)ccc3F)cc2)no1. The molecule has 0 aliphatic heterocycles. The summed E-state index contributed by atoms with van der Waals surface area (Å²) in [6.45, 7) is 3.40. The molecule has 0 bridgehead atoms. The van der Waals surface area contributed by atoms with Gasteiger partial charge >= 0.3 is 0 Å². The van der Waals surface area contributed by atoms with Crippen LogP contribution in [0.5, 0.6) is 5.75 Å². The van der Waals surface area contributed by atoms with E-state index >= 15 is 0 Å². The molecule has 0 aliphatic carbocycles. The van der Waals surface area contributed by atoms with Gasteiger partial charge in [0.15, 0.2) is 6.61 Å². The zero-order valence-electron chi connectivity index (χ0n) is 14.7. The van der Waals surface area contributed by atoms with Gasteiger partial charge in [0, 0.05) is 18.1 Å². The molecule has 0 saturated carbocycles. The molecule has 2 aromatic carbocycles. The number of aromatic nitrogens is 2. The molecule has 0 saturated heterocycles. The minimum Gasteiger partial charge on any atom is -0.485 e. The van der Waals surface area contributed by atoms with Crippen molar-refractivity contribution in [1.82, 2.24) is 15.5 Å². The highest BCUT2D eigenvalue weighted by atomic mass is 19.1.